The van der Waals surface area contributed by atoms with Crippen molar-refractivity contribution in [2.45, 2.75) is 45.1 Å². The van der Waals surface area contributed by atoms with E-state index in [0.29, 0.717) is 26.1 Å². The van der Waals surface area contributed by atoms with Crippen molar-refractivity contribution in [3.05, 3.63) is 29.3 Å². The molecule has 2 fully saturated rings. The quantitative estimate of drug-likeness (QED) is 0.878. The molecule has 0 bridgehead atoms. The van der Waals surface area contributed by atoms with E-state index in [-0.39, 0.29) is 12.0 Å². The van der Waals surface area contributed by atoms with E-state index in [0.717, 1.165) is 42.6 Å². The van der Waals surface area contributed by atoms with E-state index in [1.54, 1.807) is 11.9 Å². The molecule has 0 radical (unpaired) electrons. The lowest BCUT2D eigenvalue weighted by atomic mass is 9.92. The number of aryl methyl sites for hydroxylation is 2. The Morgan fingerprint density at radius 1 is 1.35 bits per heavy atom. The highest BCUT2D eigenvalue weighted by atomic mass is 16.6. The first kappa shape index (κ1) is 18.7. The number of anilines is 1. The average Bonchev–Trinajstić information content (AvgIpc) is 2.88. The molecule has 2 saturated heterocycles. The van der Waals surface area contributed by atoms with Gasteiger partial charge in [-0.25, -0.2) is 4.79 Å². The second-order valence-corrected chi connectivity index (χ2v) is 7.55. The number of para-hydroxylation sites is 1. The number of rotatable bonds is 5. The van der Waals surface area contributed by atoms with Gasteiger partial charge in [0, 0.05) is 32.2 Å². The summed E-state index contributed by atoms with van der Waals surface area (Å²) in [6.45, 7) is 7.09. The number of carbonyl (C=O) groups is 2. The van der Waals surface area contributed by atoms with Crippen LogP contribution in [0.2, 0.25) is 0 Å². The summed E-state index contributed by atoms with van der Waals surface area (Å²) in [6.07, 6.45) is 2.98. The predicted molar refractivity (Wildman–Crippen MR) is 101 cm³/mol. The summed E-state index contributed by atoms with van der Waals surface area (Å²) < 4.78 is 5.63. The van der Waals surface area contributed by atoms with Crippen LogP contribution >= 0.6 is 0 Å². The summed E-state index contributed by atoms with van der Waals surface area (Å²) in [7, 11) is 1.77. The van der Waals surface area contributed by atoms with Gasteiger partial charge in [-0.05, 0) is 43.9 Å². The maximum Gasteiger partial charge on any atom is 0.410 e. The number of likely N-dealkylation sites (N-methyl/N-ethyl adjacent to an activating group) is 1. The van der Waals surface area contributed by atoms with Crippen LogP contribution in [0.4, 0.5) is 10.5 Å². The number of nitrogens with zero attached hydrogens (tertiary/aromatic N) is 2. The van der Waals surface area contributed by atoms with Crippen LogP contribution in [0.15, 0.2) is 18.2 Å². The van der Waals surface area contributed by atoms with Crippen molar-refractivity contribution in [2.24, 2.45) is 0 Å². The van der Waals surface area contributed by atoms with Gasteiger partial charge in [-0.15, -0.1) is 0 Å². The van der Waals surface area contributed by atoms with Gasteiger partial charge in [-0.2, -0.15) is 0 Å². The normalized spacial score (nSPS) is 23.3. The van der Waals surface area contributed by atoms with E-state index in [1.807, 2.05) is 19.1 Å². The second kappa shape index (κ2) is 7.66. The van der Waals surface area contributed by atoms with Gasteiger partial charge in [0.25, 0.3) is 0 Å². The van der Waals surface area contributed by atoms with Gasteiger partial charge in [0.1, 0.15) is 5.60 Å². The fourth-order valence-electron chi connectivity index (χ4n) is 4.05. The second-order valence-electron chi connectivity index (χ2n) is 7.55. The molecule has 6 heteroatoms. The summed E-state index contributed by atoms with van der Waals surface area (Å²) in [5, 5.41) is 3.09. The largest absolute Gasteiger partial charge is 0.440 e. The molecule has 3 rings (SSSR count). The maximum absolute atomic E-state index is 12.5. The zero-order valence-corrected chi connectivity index (χ0v) is 16.0. The van der Waals surface area contributed by atoms with Crippen LogP contribution in [-0.2, 0) is 16.0 Å². The molecular weight excluding hydrogens is 330 g/mol. The van der Waals surface area contributed by atoms with E-state index in [1.165, 1.54) is 0 Å². The Kier molecular flexibility index (Phi) is 5.51. The molecule has 1 atom stereocenters. The Bertz CT molecular complexity index is 691. The molecule has 1 N–H and O–H groups in total. The number of carbonyl (C=O) groups excluding carboxylic acids is 2. The molecule has 1 spiro atoms. The Hall–Kier alpha value is -2.08. The summed E-state index contributed by atoms with van der Waals surface area (Å²) in [5.74, 6) is 0.0363. The molecule has 1 aromatic carbocycles. The highest BCUT2D eigenvalue weighted by Crippen LogP contribution is 2.31. The van der Waals surface area contributed by atoms with Crippen molar-refractivity contribution < 1.29 is 14.3 Å². The number of piperidine rings is 1. The van der Waals surface area contributed by atoms with E-state index >= 15 is 0 Å². The fourth-order valence-corrected chi connectivity index (χ4v) is 4.05. The molecule has 26 heavy (non-hydrogen) atoms. The molecule has 2 aliphatic rings. The average molecular weight is 359 g/mol. The molecule has 6 nitrogen and oxygen atoms in total. The van der Waals surface area contributed by atoms with E-state index < -0.39 is 5.60 Å². The molecule has 0 aliphatic carbocycles. The van der Waals surface area contributed by atoms with Crippen LogP contribution < -0.4 is 5.32 Å². The molecule has 0 unspecified atom stereocenters. The molecular formula is C20H29N3O3. The minimum absolute atomic E-state index is 0.0363. The number of benzene rings is 1. The zero-order valence-electron chi connectivity index (χ0n) is 16.0. The third-order valence-electron chi connectivity index (χ3n) is 5.42. The monoisotopic (exact) mass is 359 g/mol. The zero-order chi connectivity index (χ0) is 18.7. The molecule has 2 heterocycles. The van der Waals surface area contributed by atoms with Crippen molar-refractivity contribution >= 4 is 17.7 Å². The highest BCUT2D eigenvalue weighted by molar-refractivity contribution is 5.92. The lowest BCUT2D eigenvalue weighted by Crippen LogP contribution is -2.50. The summed E-state index contributed by atoms with van der Waals surface area (Å²) in [4.78, 5) is 28.1. The number of amides is 2. The number of hydrogen-bond acceptors (Lipinski definition) is 4. The maximum atomic E-state index is 12.5. The molecule has 1 aromatic rings. The number of ether oxygens (including phenoxy) is 1. The SMILES string of the molecule is CCc1cccc(C)c1NC(=O)CCN1CCC[C@]2(C1)CN(C)C(=O)O2. The Balaban J connectivity index is 1.54. The standard InChI is InChI=1S/C20H29N3O3/c1-4-16-8-5-7-15(2)18(16)21-17(24)9-12-23-11-6-10-20(14-23)13-22(3)19(25)26-20/h5,7-8H,4,6,9-14H2,1-3H3,(H,21,24)/t20-/m1/s1. The smallest absolute Gasteiger partial charge is 0.410 e. The molecule has 2 aliphatic heterocycles. The third-order valence-corrected chi connectivity index (χ3v) is 5.42. The minimum atomic E-state index is -0.397. The molecule has 0 saturated carbocycles. The summed E-state index contributed by atoms with van der Waals surface area (Å²) in [5.41, 5.74) is 2.81. The first-order valence-electron chi connectivity index (χ1n) is 9.47. The molecule has 142 valence electrons. The lowest BCUT2D eigenvalue weighted by molar-refractivity contribution is -0.116. The van der Waals surface area contributed by atoms with Gasteiger partial charge in [0.15, 0.2) is 0 Å². The van der Waals surface area contributed by atoms with Crippen LogP contribution in [0.1, 0.15) is 37.3 Å². The van der Waals surface area contributed by atoms with E-state index in [2.05, 4.69) is 23.2 Å². The van der Waals surface area contributed by atoms with Gasteiger partial charge in [-0.1, -0.05) is 25.1 Å². The van der Waals surface area contributed by atoms with Crippen LogP contribution in [0.5, 0.6) is 0 Å². The van der Waals surface area contributed by atoms with Crippen molar-refractivity contribution in [1.29, 1.82) is 0 Å². The van der Waals surface area contributed by atoms with Gasteiger partial charge < -0.3 is 15.0 Å². The van der Waals surface area contributed by atoms with Gasteiger partial charge in [-0.3, -0.25) is 9.69 Å². The summed E-state index contributed by atoms with van der Waals surface area (Å²) in [6, 6.07) is 6.10. The van der Waals surface area contributed by atoms with Crippen LogP contribution in [0.25, 0.3) is 0 Å². The van der Waals surface area contributed by atoms with Gasteiger partial charge >= 0.3 is 6.09 Å². The Morgan fingerprint density at radius 3 is 2.85 bits per heavy atom. The minimum Gasteiger partial charge on any atom is -0.440 e. The van der Waals surface area contributed by atoms with Crippen molar-refractivity contribution in [3.8, 4) is 0 Å². The molecule has 2 amide bonds. The van der Waals surface area contributed by atoms with Gasteiger partial charge in [0.05, 0.1) is 6.54 Å². The number of hydrogen-bond donors (Lipinski definition) is 1. The van der Waals surface area contributed by atoms with Crippen LogP contribution in [-0.4, -0.2) is 60.6 Å². The lowest BCUT2D eigenvalue weighted by Gasteiger charge is -2.38. The van der Waals surface area contributed by atoms with Crippen molar-refractivity contribution in [2.75, 3.05) is 38.5 Å². The molecule has 0 aromatic heterocycles. The third kappa shape index (κ3) is 4.01. The van der Waals surface area contributed by atoms with Crippen molar-refractivity contribution in [3.63, 3.8) is 0 Å². The first-order chi connectivity index (χ1) is 12.4. The number of likely N-dealkylation sites (tertiary alicyclic amines) is 1. The predicted octanol–water partition coefficient (Wildman–Crippen LogP) is 2.80. The highest BCUT2D eigenvalue weighted by Gasteiger charge is 2.46. The van der Waals surface area contributed by atoms with Crippen LogP contribution in [0, 0.1) is 6.92 Å². The van der Waals surface area contributed by atoms with Crippen LogP contribution in [0.3, 0.4) is 0 Å². The fraction of sp³-hybridized carbons (Fsp3) is 0.600. The Labute approximate surface area is 155 Å². The van der Waals surface area contributed by atoms with E-state index in [4.69, 9.17) is 4.74 Å². The Morgan fingerprint density at radius 2 is 2.15 bits per heavy atom. The van der Waals surface area contributed by atoms with Gasteiger partial charge in [0.2, 0.25) is 5.91 Å². The van der Waals surface area contributed by atoms with E-state index in [9.17, 15) is 9.59 Å². The first-order valence-corrected chi connectivity index (χ1v) is 9.47. The van der Waals surface area contributed by atoms with Crippen molar-refractivity contribution in [1.82, 2.24) is 9.80 Å². The number of nitrogens with one attached hydrogen (secondary N) is 1. The topological polar surface area (TPSA) is 61.9 Å². The summed E-state index contributed by atoms with van der Waals surface area (Å²) >= 11 is 0.